The van der Waals surface area contributed by atoms with Crippen LogP contribution in [0.15, 0.2) is 54.6 Å². The van der Waals surface area contributed by atoms with E-state index in [1.807, 2.05) is 47.4 Å². The molecule has 0 aliphatic carbocycles. The molecule has 3 rings (SSSR count). The average Bonchev–Trinajstić information content (AvgIpc) is 2.68. The Bertz CT molecular complexity index is 771. The number of hydrogen-bond acceptors (Lipinski definition) is 3. The van der Waals surface area contributed by atoms with Crippen molar-refractivity contribution in [3.63, 3.8) is 0 Å². The van der Waals surface area contributed by atoms with E-state index in [-0.39, 0.29) is 11.9 Å². The van der Waals surface area contributed by atoms with Crippen molar-refractivity contribution in [2.24, 2.45) is 0 Å². The normalized spacial score (nSPS) is 14.0. The molecular formula is C21H26N4O2. The van der Waals surface area contributed by atoms with Crippen LogP contribution in [0.4, 0.5) is 16.2 Å². The fourth-order valence-corrected chi connectivity index (χ4v) is 3.22. The number of amides is 3. The van der Waals surface area contributed by atoms with Crippen molar-refractivity contribution in [3.8, 4) is 0 Å². The van der Waals surface area contributed by atoms with Crippen LogP contribution >= 0.6 is 0 Å². The highest BCUT2D eigenvalue weighted by Gasteiger charge is 2.21. The zero-order chi connectivity index (χ0) is 19.1. The van der Waals surface area contributed by atoms with E-state index in [9.17, 15) is 9.59 Å². The van der Waals surface area contributed by atoms with Crippen LogP contribution < -0.4 is 15.5 Å². The number of carbonyl (C=O) groups is 2. The SMILES string of the molecule is CC(=O)Nc1cccc(N2CCN(C(=O)NCCc3ccccc3)CC2)c1. The third kappa shape index (κ3) is 5.48. The first-order valence-corrected chi connectivity index (χ1v) is 9.31. The van der Waals surface area contributed by atoms with E-state index < -0.39 is 0 Å². The average molecular weight is 366 g/mol. The lowest BCUT2D eigenvalue weighted by Gasteiger charge is -2.36. The van der Waals surface area contributed by atoms with Crippen LogP contribution in [0.3, 0.4) is 0 Å². The third-order valence-electron chi connectivity index (χ3n) is 4.63. The van der Waals surface area contributed by atoms with Gasteiger partial charge in [0.2, 0.25) is 5.91 Å². The molecule has 2 aromatic carbocycles. The molecule has 0 aromatic heterocycles. The topological polar surface area (TPSA) is 64.7 Å². The van der Waals surface area contributed by atoms with Crippen LogP contribution in [0.2, 0.25) is 0 Å². The molecule has 6 nitrogen and oxygen atoms in total. The summed E-state index contributed by atoms with van der Waals surface area (Å²) in [7, 11) is 0. The Balaban J connectivity index is 1.45. The fraction of sp³-hybridized carbons (Fsp3) is 0.333. The molecule has 0 atom stereocenters. The van der Waals surface area contributed by atoms with Gasteiger partial charge in [-0.3, -0.25) is 4.79 Å². The van der Waals surface area contributed by atoms with Crippen LogP contribution in [0.1, 0.15) is 12.5 Å². The summed E-state index contributed by atoms with van der Waals surface area (Å²) < 4.78 is 0. The fourth-order valence-electron chi connectivity index (χ4n) is 3.22. The molecule has 1 fully saturated rings. The van der Waals surface area contributed by atoms with Crippen molar-refractivity contribution in [2.75, 3.05) is 42.9 Å². The predicted molar refractivity (Wildman–Crippen MR) is 108 cm³/mol. The molecule has 1 aliphatic rings. The minimum atomic E-state index is -0.0795. The Kier molecular flexibility index (Phi) is 6.30. The Morgan fingerprint density at radius 2 is 1.70 bits per heavy atom. The number of nitrogens with zero attached hydrogens (tertiary/aromatic N) is 2. The van der Waals surface area contributed by atoms with Crippen molar-refractivity contribution in [1.82, 2.24) is 10.2 Å². The Morgan fingerprint density at radius 3 is 2.41 bits per heavy atom. The van der Waals surface area contributed by atoms with Crippen LogP contribution in [0, 0.1) is 0 Å². The van der Waals surface area contributed by atoms with Crippen LogP contribution in [-0.2, 0) is 11.2 Å². The number of benzene rings is 2. The summed E-state index contributed by atoms with van der Waals surface area (Å²) in [4.78, 5) is 27.7. The van der Waals surface area contributed by atoms with Crippen molar-refractivity contribution < 1.29 is 9.59 Å². The number of anilines is 2. The molecule has 27 heavy (non-hydrogen) atoms. The third-order valence-corrected chi connectivity index (χ3v) is 4.63. The van der Waals surface area contributed by atoms with Gasteiger partial charge in [0.25, 0.3) is 0 Å². The maximum atomic E-state index is 12.4. The van der Waals surface area contributed by atoms with Gasteiger partial charge in [-0.2, -0.15) is 0 Å². The number of carbonyl (C=O) groups excluding carboxylic acids is 2. The van der Waals surface area contributed by atoms with Crippen molar-refractivity contribution in [2.45, 2.75) is 13.3 Å². The first-order valence-electron chi connectivity index (χ1n) is 9.31. The molecule has 3 amide bonds. The number of hydrogen-bond donors (Lipinski definition) is 2. The molecule has 6 heteroatoms. The Hall–Kier alpha value is -3.02. The standard InChI is InChI=1S/C21H26N4O2/c1-17(26)23-19-8-5-9-20(16-19)24-12-14-25(15-13-24)21(27)22-11-10-18-6-3-2-4-7-18/h2-9,16H,10-15H2,1H3,(H,22,27)(H,23,26). The minimum Gasteiger partial charge on any atom is -0.368 e. The van der Waals surface area contributed by atoms with Gasteiger partial charge in [-0.1, -0.05) is 36.4 Å². The summed E-state index contributed by atoms with van der Waals surface area (Å²) in [6, 6.07) is 18.0. The maximum Gasteiger partial charge on any atom is 0.317 e. The molecule has 2 N–H and O–H groups in total. The number of nitrogens with one attached hydrogen (secondary N) is 2. The van der Waals surface area contributed by atoms with Gasteiger partial charge in [-0.05, 0) is 30.2 Å². The van der Waals surface area contributed by atoms with E-state index in [1.54, 1.807) is 0 Å². The van der Waals surface area contributed by atoms with Gasteiger partial charge >= 0.3 is 6.03 Å². The van der Waals surface area contributed by atoms with Gasteiger partial charge in [0.15, 0.2) is 0 Å². The highest BCUT2D eigenvalue weighted by Crippen LogP contribution is 2.21. The zero-order valence-electron chi connectivity index (χ0n) is 15.6. The van der Waals surface area contributed by atoms with Crippen molar-refractivity contribution >= 4 is 23.3 Å². The van der Waals surface area contributed by atoms with E-state index in [2.05, 4.69) is 27.7 Å². The summed E-state index contributed by atoms with van der Waals surface area (Å²) >= 11 is 0. The molecular weight excluding hydrogens is 340 g/mol. The summed E-state index contributed by atoms with van der Waals surface area (Å²) in [5, 5.41) is 5.81. The zero-order valence-corrected chi connectivity index (χ0v) is 15.6. The molecule has 0 spiro atoms. The summed E-state index contributed by atoms with van der Waals surface area (Å²) in [5.41, 5.74) is 3.08. The van der Waals surface area contributed by atoms with Crippen LogP contribution in [-0.4, -0.2) is 49.6 Å². The molecule has 1 saturated heterocycles. The Morgan fingerprint density at radius 1 is 0.963 bits per heavy atom. The van der Waals surface area contributed by atoms with E-state index in [4.69, 9.17) is 0 Å². The molecule has 0 radical (unpaired) electrons. The number of urea groups is 1. The molecule has 1 aliphatic heterocycles. The smallest absolute Gasteiger partial charge is 0.317 e. The first-order chi connectivity index (χ1) is 13.1. The lowest BCUT2D eigenvalue weighted by Crippen LogP contribution is -2.52. The largest absolute Gasteiger partial charge is 0.368 e. The minimum absolute atomic E-state index is 0.00224. The predicted octanol–water partition coefficient (Wildman–Crippen LogP) is 2.72. The van der Waals surface area contributed by atoms with Crippen molar-refractivity contribution in [3.05, 3.63) is 60.2 Å². The molecule has 0 saturated carbocycles. The van der Waals surface area contributed by atoms with E-state index >= 15 is 0 Å². The van der Waals surface area contributed by atoms with Gasteiger partial charge in [0.1, 0.15) is 0 Å². The van der Waals surface area contributed by atoms with Gasteiger partial charge < -0.3 is 20.4 Å². The highest BCUT2D eigenvalue weighted by atomic mass is 16.2. The second-order valence-corrected chi connectivity index (χ2v) is 6.67. The number of piperazine rings is 1. The monoisotopic (exact) mass is 366 g/mol. The quantitative estimate of drug-likeness (QED) is 0.855. The Labute approximate surface area is 160 Å². The van der Waals surface area contributed by atoms with Crippen LogP contribution in [0.5, 0.6) is 0 Å². The summed E-state index contributed by atoms with van der Waals surface area (Å²) in [5.74, 6) is -0.0795. The van der Waals surface area contributed by atoms with Gasteiger partial charge in [-0.25, -0.2) is 4.79 Å². The van der Waals surface area contributed by atoms with Crippen LogP contribution in [0.25, 0.3) is 0 Å². The van der Waals surface area contributed by atoms with Crippen molar-refractivity contribution in [1.29, 1.82) is 0 Å². The van der Waals surface area contributed by atoms with E-state index in [0.29, 0.717) is 19.6 Å². The highest BCUT2D eigenvalue weighted by molar-refractivity contribution is 5.89. The van der Waals surface area contributed by atoms with Gasteiger partial charge in [-0.15, -0.1) is 0 Å². The van der Waals surface area contributed by atoms with Gasteiger partial charge in [0.05, 0.1) is 0 Å². The molecule has 1 heterocycles. The van der Waals surface area contributed by atoms with E-state index in [0.717, 1.165) is 30.9 Å². The molecule has 0 unspecified atom stereocenters. The maximum absolute atomic E-state index is 12.4. The van der Waals surface area contributed by atoms with E-state index in [1.165, 1.54) is 12.5 Å². The second kappa shape index (κ2) is 9.07. The van der Waals surface area contributed by atoms with Gasteiger partial charge in [0, 0.05) is 51.0 Å². The molecule has 142 valence electrons. The summed E-state index contributed by atoms with van der Waals surface area (Å²) in [6.07, 6.45) is 0.836. The molecule has 2 aromatic rings. The lowest BCUT2D eigenvalue weighted by molar-refractivity contribution is -0.114. The lowest BCUT2D eigenvalue weighted by atomic mass is 10.1. The number of rotatable bonds is 5. The summed E-state index contributed by atoms with van der Waals surface area (Å²) in [6.45, 7) is 5.05. The molecule has 0 bridgehead atoms. The first kappa shape index (κ1) is 18.8. The second-order valence-electron chi connectivity index (χ2n) is 6.67.